The Morgan fingerprint density at radius 1 is 1.15 bits per heavy atom. The molecule has 27 heavy (non-hydrogen) atoms. The van der Waals surface area contributed by atoms with E-state index in [4.69, 9.17) is 16.3 Å². The number of carbonyl (C=O) groups excluding carboxylic acids is 1. The predicted octanol–water partition coefficient (Wildman–Crippen LogP) is 4.06. The molecule has 1 amide bonds. The highest BCUT2D eigenvalue weighted by Crippen LogP contribution is 2.23. The Bertz CT molecular complexity index is 740. The Labute approximate surface area is 166 Å². The highest BCUT2D eigenvalue weighted by atomic mass is 35.5. The molecule has 5 heteroatoms. The molecule has 1 heterocycles. The van der Waals surface area contributed by atoms with Gasteiger partial charge in [0.2, 0.25) is 5.91 Å². The van der Waals surface area contributed by atoms with Gasteiger partial charge in [-0.2, -0.15) is 0 Å². The Kier molecular flexibility index (Phi) is 7.13. The van der Waals surface area contributed by atoms with Crippen molar-refractivity contribution in [1.29, 1.82) is 0 Å². The van der Waals surface area contributed by atoms with Crippen LogP contribution in [0.2, 0.25) is 5.02 Å². The van der Waals surface area contributed by atoms with Gasteiger partial charge in [0.1, 0.15) is 12.4 Å². The van der Waals surface area contributed by atoms with Crippen molar-refractivity contribution in [3.63, 3.8) is 0 Å². The molecule has 0 spiro atoms. The summed E-state index contributed by atoms with van der Waals surface area (Å²) in [5, 5.41) is 3.58. The molecule has 4 nitrogen and oxygen atoms in total. The number of piperidine rings is 1. The number of para-hydroxylation sites is 1. The van der Waals surface area contributed by atoms with E-state index in [0.717, 1.165) is 32.5 Å². The largest absolute Gasteiger partial charge is 0.490 e. The molecule has 0 atom stereocenters. The van der Waals surface area contributed by atoms with Crippen molar-refractivity contribution in [2.24, 2.45) is 5.92 Å². The van der Waals surface area contributed by atoms with Crippen molar-refractivity contribution in [1.82, 2.24) is 10.2 Å². The first kappa shape index (κ1) is 19.7. The standard InChI is InChI=1S/C22H27ClN2O2/c1-17-6-8-18(9-7-17)16-25-13-10-19(11-14-25)22(26)24-12-15-27-21-5-3-2-4-20(21)23/h2-9,19H,10-16H2,1H3,(H,24,26). The summed E-state index contributed by atoms with van der Waals surface area (Å²) in [6.07, 6.45) is 1.81. The number of rotatable bonds is 7. The second-order valence-corrected chi connectivity index (χ2v) is 7.51. The summed E-state index contributed by atoms with van der Waals surface area (Å²) in [6.45, 7) is 5.90. The number of amides is 1. The van der Waals surface area contributed by atoms with E-state index in [-0.39, 0.29) is 11.8 Å². The molecule has 2 aromatic rings. The number of ether oxygens (including phenoxy) is 1. The first-order valence-corrected chi connectivity index (χ1v) is 9.92. The predicted molar refractivity (Wildman–Crippen MR) is 109 cm³/mol. The maximum atomic E-state index is 12.4. The number of nitrogens with zero attached hydrogens (tertiary/aromatic N) is 1. The molecule has 3 rings (SSSR count). The van der Waals surface area contributed by atoms with Crippen LogP contribution >= 0.6 is 11.6 Å². The van der Waals surface area contributed by atoms with Gasteiger partial charge in [0.15, 0.2) is 0 Å². The number of hydrogen-bond donors (Lipinski definition) is 1. The second-order valence-electron chi connectivity index (χ2n) is 7.11. The first-order valence-electron chi connectivity index (χ1n) is 9.55. The van der Waals surface area contributed by atoms with E-state index in [9.17, 15) is 4.79 Å². The fourth-order valence-corrected chi connectivity index (χ4v) is 3.54. The molecule has 1 N–H and O–H groups in total. The minimum atomic E-state index is 0.0968. The third-order valence-electron chi connectivity index (χ3n) is 4.98. The molecule has 0 bridgehead atoms. The van der Waals surface area contributed by atoms with E-state index < -0.39 is 0 Å². The van der Waals surface area contributed by atoms with E-state index in [1.165, 1.54) is 11.1 Å². The number of carbonyl (C=O) groups is 1. The summed E-state index contributed by atoms with van der Waals surface area (Å²) in [4.78, 5) is 14.8. The summed E-state index contributed by atoms with van der Waals surface area (Å²) in [7, 11) is 0. The molecule has 2 aromatic carbocycles. The van der Waals surface area contributed by atoms with Crippen LogP contribution in [-0.4, -0.2) is 37.0 Å². The van der Waals surface area contributed by atoms with Crippen molar-refractivity contribution in [3.8, 4) is 5.75 Å². The van der Waals surface area contributed by atoms with Crippen LogP contribution < -0.4 is 10.1 Å². The van der Waals surface area contributed by atoms with E-state index in [1.807, 2.05) is 18.2 Å². The lowest BCUT2D eigenvalue weighted by Crippen LogP contribution is -2.41. The highest BCUT2D eigenvalue weighted by molar-refractivity contribution is 6.32. The van der Waals surface area contributed by atoms with E-state index in [1.54, 1.807) is 6.07 Å². The SMILES string of the molecule is Cc1ccc(CN2CCC(C(=O)NCCOc3ccccc3Cl)CC2)cc1. The topological polar surface area (TPSA) is 41.6 Å². The minimum absolute atomic E-state index is 0.0968. The zero-order valence-electron chi connectivity index (χ0n) is 15.8. The zero-order valence-corrected chi connectivity index (χ0v) is 16.5. The molecule has 1 aliphatic rings. The van der Waals surface area contributed by atoms with Gasteiger partial charge in [-0.05, 0) is 50.6 Å². The number of hydrogen-bond acceptors (Lipinski definition) is 3. The van der Waals surface area contributed by atoms with E-state index in [0.29, 0.717) is 23.9 Å². The molecule has 144 valence electrons. The monoisotopic (exact) mass is 386 g/mol. The molecule has 0 aliphatic carbocycles. The summed E-state index contributed by atoms with van der Waals surface area (Å²) in [5.74, 6) is 0.880. The van der Waals surface area contributed by atoms with Crippen molar-refractivity contribution < 1.29 is 9.53 Å². The van der Waals surface area contributed by atoms with Gasteiger partial charge < -0.3 is 10.1 Å². The second kappa shape index (κ2) is 9.77. The van der Waals surface area contributed by atoms with Gasteiger partial charge in [-0.3, -0.25) is 9.69 Å². The Morgan fingerprint density at radius 3 is 2.56 bits per heavy atom. The van der Waals surface area contributed by atoms with Crippen LogP contribution in [-0.2, 0) is 11.3 Å². The molecule has 0 radical (unpaired) electrons. The zero-order chi connectivity index (χ0) is 19.1. The third-order valence-corrected chi connectivity index (χ3v) is 5.29. The maximum absolute atomic E-state index is 12.4. The van der Waals surface area contributed by atoms with Crippen molar-refractivity contribution >= 4 is 17.5 Å². The highest BCUT2D eigenvalue weighted by Gasteiger charge is 2.24. The fraction of sp³-hybridized carbons (Fsp3) is 0.409. The lowest BCUT2D eigenvalue weighted by Gasteiger charge is -2.31. The first-order chi connectivity index (χ1) is 13.1. The van der Waals surface area contributed by atoms with Crippen LogP contribution in [0.4, 0.5) is 0 Å². The van der Waals surface area contributed by atoms with Crippen LogP contribution in [0.1, 0.15) is 24.0 Å². The molecule has 1 fully saturated rings. The lowest BCUT2D eigenvalue weighted by molar-refractivity contribution is -0.126. The summed E-state index contributed by atoms with van der Waals surface area (Å²) < 4.78 is 5.61. The summed E-state index contributed by atoms with van der Waals surface area (Å²) >= 11 is 6.05. The molecular formula is C22H27ClN2O2. The normalized spacial score (nSPS) is 15.5. The van der Waals surface area contributed by atoms with Crippen molar-refractivity contribution in [2.75, 3.05) is 26.2 Å². The van der Waals surface area contributed by atoms with Crippen LogP contribution in [0.5, 0.6) is 5.75 Å². The quantitative estimate of drug-likeness (QED) is 0.730. The maximum Gasteiger partial charge on any atom is 0.223 e. The Balaban J connectivity index is 1.34. The number of benzene rings is 2. The van der Waals surface area contributed by atoms with E-state index in [2.05, 4.69) is 41.4 Å². The molecule has 1 saturated heterocycles. The van der Waals surface area contributed by atoms with Crippen LogP contribution in [0.25, 0.3) is 0 Å². The molecule has 0 saturated carbocycles. The number of nitrogens with one attached hydrogen (secondary N) is 1. The van der Waals surface area contributed by atoms with Gasteiger partial charge in [0, 0.05) is 12.5 Å². The lowest BCUT2D eigenvalue weighted by atomic mass is 9.95. The van der Waals surface area contributed by atoms with Gasteiger partial charge in [-0.15, -0.1) is 0 Å². The smallest absolute Gasteiger partial charge is 0.223 e. The van der Waals surface area contributed by atoms with Gasteiger partial charge in [-0.1, -0.05) is 53.6 Å². The molecular weight excluding hydrogens is 360 g/mol. The number of halogens is 1. The number of likely N-dealkylation sites (tertiary alicyclic amines) is 1. The van der Waals surface area contributed by atoms with Crippen molar-refractivity contribution in [3.05, 3.63) is 64.7 Å². The van der Waals surface area contributed by atoms with E-state index >= 15 is 0 Å². The number of aryl methyl sites for hydroxylation is 1. The summed E-state index contributed by atoms with van der Waals surface area (Å²) in [5.41, 5.74) is 2.62. The Morgan fingerprint density at radius 2 is 1.85 bits per heavy atom. The molecule has 0 aromatic heterocycles. The average molecular weight is 387 g/mol. The average Bonchev–Trinajstić information content (AvgIpc) is 2.69. The van der Waals surface area contributed by atoms with Crippen molar-refractivity contribution in [2.45, 2.75) is 26.3 Å². The minimum Gasteiger partial charge on any atom is -0.490 e. The van der Waals surface area contributed by atoms with Gasteiger partial charge in [0.25, 0.3) is 0 Å². The fourth-order valence-electron chi connectivity index (χ4n) is 3.35. The summed E-state index contributed by atoms with van der Waals surface area (Å²) in [6, 6.07) is 16.0. The van der Waals surface area contributed by atoms with Crippen LogP contribution in [0.3, 0.4) is 0 Å². The molecule has 0 unspecified atom stereocenters. The van der Waals surface area contributed by atoms with Gasteiger partial charge in [-0.25, -0.2) is 0 Å². The third kappa shape index (κ3) is 5.98. The van der Waals surface area contributed by atoms with Gasteiger partial charge in [0.05, 0.1) is 11.6 Å². The van der Waals surface area contributed by atoms with Crippen LogP contribution in [0.15, 0.2) is 48.5 Å². The molecule has 1 aliphatic heterocycles. The van der Waals surface area contributed by atoms with Crippen LogP contribution in [0, 0.1) is 12.8 Å². The van der Waals surface area contributed by atoms with Gasteiger partial charge >= 0.3 is 0 Å². The Hall–Kier alpha value is -2.04.